The Morgan fingerprint density at radius 1 is 0.960 bits per heavy atom. The van der Waals surface area contributed by atoms with Gasteiger partial charge in [0.25, 0.3) is 5.56 Å². The number of hydrogen-bond donors (Lipinski definition) is 1. The Labute approximate surface area is 149 Å². The number of rotatable bonds is 3. The monoisotopic (exact) mass is 346 g/mol. The third-order valence-corrected chi connectivity index (χ3v) is 5.67. The maximum Gasteiger partial charge on any atom is 0.332 e. The Bertz CT molecular complexity index is 735. The summed E-state index contributed by atoms with van der Waals surface area (Å²) in [4.78, 5) is 29.3. The topological polar surface area (TPSA) is 68.4 Å². The zero-order chi connectivity index (χ0) is 17.8. The zero-order valence-electron chi connectivity index (χ0n) is 15.5. The van der Waals surface area contributed by atoms with Crippen LogP contribution >= 0.6 is 0 Å². The number of nitrogens with one attached hydrogen (secondary N) is 1. The van der Waals surface area contributed by atoms with Gasteiger partial charge in [-0.3, -0.25) is 18.9 Å². The SMILES string of the molecule is Cn1c(NC(=NC2CCCCC2)C2CCCCC2)cc(=O)n(C)c1=O. The predicted molar refractivity (Wildman–Crippen MR) is 101 cm³/mol. The highest BCUT2D eigenvalue weighted by Gasteiger charge is 2.23. The minimum absolute atomic E-state index is 0.286. The van der Waals surface area contributed by atoms with Crippen LogP contribution in [0.1, 0.15) is 64.2 Å². The van der Waals surface area contributed by atoms with Crippen molar-refractivity contribution < 1.29 is 0 Å². The Morgan fingerprint density at radius 3 is 2.20 bits per heavy atom. The first-order valence-electron chi connectivity index (χ1n) is 9.68. The fourth-order valence-corrected chi connectivity index (χ4v) is 4.01. The first-order valence-corrected chi connectivity index (χ1v) is 9.68. The molecule has 0 radical (unpaired) electrons. The summed E-state index contributed by atoms with van der Waals surface area (Å²) in [6.45, 7) is 0. The van der Waals surface area contributed by atoms with Crippen LogP contribution in [0.15, 0.2) is 20.6 Å². The van der Waals surface area contributed by atoms with Crippen molar-refractivity contribution in [2.45, 2.75) is 70.3 Å². The van der Waals surface area contributed by atoms with Gasteiger partial charge in [0, 0.05) is 26.1 Å². The summed E-state index contributed by atoms with van der Waals surface area (Å²) in [5.74, 6) is 1.94. The average Bonchev–Trinajstić information content (AvgIpc) is 2.65. The molecule has 2 aliphatic rings. The Kier molecular flexibility index (Phi) is 5.76. The van der Waals surface area contributed by atoms with E-state index >= 15 is 0 Å². The molecule has 0 saturated heterocycles. The van der Waals surface area contributed by atoms with E-state index in [2.05, 4.69) is 5.32 Å². The van der Waals surface area contributed by atoms with Gasteiger partial charge >= 0.3 is 5.69 Å². The van der Waals surface area contributed by atoms with Crippen LogP contribution in [-0.2, 0) is 14.1 Å². The molecule has 3 rings (SSSR count). The number of amidine groups is 1. The fourth-order valence-electron chi connectivity index (χ4n) is 4.01. The number of nitrogens with zero attached hydrogens (tertiary/aromatic N) is 3. The van der Waals surface area contributed by atoms with Crippen LogP contribution < -0.4 is 16.6 Å². The Hall–Kier alpha value is -1.85. The summed E-state index contributed by atoms with van der Waals surface area (Å²) in [5, 5.41) is 3.37. The van der Waals surface area contributed by atoms with E-state index in [1.807, 2.05) is 0 Å². The number of aromatic nitrogens is 2. The molecule has 138 valence electrons. The lowest BCUT2D eigenvalue weighted by Crippen LogP contribution is -2.39. The molecule has 1 N–H and O–H groups in total. The van der Waals surface area contributed by atoms with E-state index in [0.29, 0.717) is 17.8 Å². The lowest BCUT2D eigenvalue weighted by atomic mass is 9.87. The van der Waals surface area contributed by atoms with E-state index in [4.69, 9.17) is 4.99 Å². The van der Waals surface area contributed by atoms with E-state index in [9.17, 15) is 9.59 Å². The molecule has 2 saturated carbocycles. The summed E-state index contributed by atoms with van der Waals surface area (Å²) in [5.41, 5.74) is -0.595. The highest BCUT2D eigenvalue weighted by molar-refractivity contribution is 5.96. The molecule has 1 aromatic heterocycles. The van der Waals surface area contributed by atoms with E-state index in [-0.39, 0.29) is 11.2 Å². The second kappa shape index (κ2) is 8.02. The van der Waals surface area contributed by atoms with Gasteiger partial charge in [-0.2, -0.15) is 0 Å². The van der Waals surface area contributed by atoms with E-state index in [1.165, 1.54) is 56.2 Å². The third-order valence-electron chi connectivity index (χ3n) is 5.67. The van der Waals surface area contributed by atoms with Gasteiger partial charge in [-0.15, -0.1) is 0 Å². The largest absolute Gasteiger partial charge is 0.332 e. The van der Waals surface area contributed by atoms with E-state index < -0.39 is 0 Å². The van der Waals surface area contributed by atoms with Crippen molar-refractivity contribution in [2.24, 2.45) is 25.0 Å². The number of hydrogen-bond acceptors (Lipinski definition) is 3. The van der Waals surface area contributed by atoms with Crippen LogP contribution in [0, 0.1) is 5.92 Å². The van der Waals surface area contributed by atoms with Gasteiger partial charge < -0.3 is 5.32 Å². The van der Waals surface area contributed by atoms with Gasteiger partial charge in [-0.25, -0.2) is 4.79 Å². The predicted octanol–water partition coefficient (Wildman–Crippen LogP) is 2.81. The number of anilines is 1. The van der Waals surface area contributed by atoms with Crippen LogP contribution in [0.5, 0.6) is 0 Å². The quantitative estimate of drug-likeness (QED) is 0.676. The lowest BCUT2D eigenvalue weighted by Gasteiger charge is -2.27. The maximum absolute atomic E-state index is 12.2. The minimum Gasteiger partial charge on any atom is -0.330 e. The van der Waals surface area contributed by atoms with Gasteiger partial charge in [-0.05, 0) is 25.7 Å². The molecule has 0 amide bonds. The van der Waals surface area contributed by atoms with Gasteiger partial charge in [0.2, 0.25) is 0 Å². The van der Waals surface area contributed by atoms with Crippen LogP contribution in [0.25, 0.3) is 0 Å². The molecule has 2 aliphatic carbocycles. The molecule has 1 heterocycles. The molecule has 25 heavy (non-hydrogen) atoms. The molecule has 2 fully saturated rings. The molecular weight excluding hydrogens is 316 g/mol. The molecule has 0 atom stereocenters. The van der Waals surface area contributed by atoms with Gasteiger partial charge in [0.15, 0.2) is 0 Å². The highest BCUT2D eigenvalue weighted by atomic mass is 16.2. The van der Waals surface area contributed by atoms with Gasteiger partial charge in [0.1, 0.15) is 11.7 Å². The Morgan fingerprint density at radius 2 is 1.56 bits per heavy atom. The van der Waals surface area contributed by atoms with E-state index in [0.717, 1.165) is 36.1 Å². The summed E-state index contributed by atoms with van der Waals surface area (Å²) < 4.78 is 2.63. The molecule has 1 aromatic rings. The molecule has 0 aromatic carbocycles. The fraction of sp³-hybridized carbons (Fsp3) is 0.737. The highest BCUT2D eigenvalue weighted by Crippen LogP contribution is 2.27. The van der Waals surface area contributed by atoms with Crippen molar-refractivity contribution in [3.63, 3.8) is 0 Å². The van der Waals surface area contributed by atoms with Crippen molar-refractivity contribution in [1.82, 2.24) is 9.13 Å². The average molecular weight is 346 g/mol. The molecular formula is C19H30N4O2. The second-order valence-electron chi connectivity index (χ2n) is 7.53. The molecule has 0 bridgehead atoms. The van der Waals surface area contributed by atoms with Crippen LogP contribution in [0.2, 0.25) is 0 Å². The first-order chi connectivity index (χ1) is 12.1. The second-order valence-corrected chi connectivity index (χ2v) is 7.53. The molecule has 6 heteroatoms. The standard InChI is InChI=1S/C19H30N4O2/c1-22-16(13-17(24)23(2)19(22)25)21-18(14-9-5-3-6-10-14)20-15-11-7-4-8-12-15/h13-15H,3-12H2,1-2H3,(H,20,21). The maximum atomic E-state index is 12.2. The zero-order valence-corrected chi connectivity index (χ0v) is 15.5. The van der Waals surface area contributed by atoms with Crippen LogP contribution in [0.3, 0.4) is 0 Å². The smallest absolute Gasteiger partial charge is 0.330 e. The van der Waals surface area contributed by atoms with Crippen molar-refractivity contribution in [3.05, 3.63) is 26.9 Å². The van der Waals surface area contributed by atoms with Crippen molar-refractivity contribution >= 4 is 11.7 Å². The first kappa shape index (κ1) is 18.0. The summed E-state index contributed by atoms with van der Waals surface area (Å²) >= 11 is 0. The minimum atomic E-state index is -0.310. The van der Waals surface area contributed by atoms with Crippen molar-refractivity contribution in [2.75, 3.05) is 5.32 Å². The molecule has 6 nitrogen and oxygen atoms in total. The van der Waals surface area contributed by atoms with Crippen molar-refractivity contribution in [3.8, 4) is 0 Å². The van der Waals surface area contributed by atoms with Gasteiger partial charge in [-0.1, -0.05) is 38.5 Å². The summed E-state index contributed by atoms with van der Waals surface area (Å²) in [7, 11) is 3.20. The van der Waals surface area contributed by atoms with Crippen LogP contribution in [0.4, 0.5) is 5.82 Å². The molecule has 0 aliphatic heterocycles. The van der Waals surface area contributed by atoms with E-state index in [1.54, 1.807) is 7.05 Å². The van der Waals surface area contributed by atoms with Gasteiger partial charge in [0.05, 0.1) is 6.04 Å². The molecule has 0 unspecified atom stereocenters. The molecule has 0 spiro atoms. The third kappa shape index (κ3) is 4.22. The van der Waals surface area contributed by atoms with Crippen LogP contribution in [-0.4, -0.2) is 21.0 Å². The normalized spacial score (nSPS) is 20.6. The van der Waals surface area contributed by atoms with Crippen molar-refractivity contribution in [1.29, 1.82) is 0 Å². The lowest BCUT2D eigenvalue weighted by molar-refractivity contribution is 0.421. The Balaban J connectivity index is 1.90. The summed E-state index contributed by atoms with van der Waals surface area (Å²) in [6.07, 6.45) is 12.1. The number of aliphatic imine (C=N–C) groups is 1. The summed E-state index contributed by atoms with van der Waals surface area (Å²) in [6, 6.07) is 1.88.